The van der Waals surface area contributed by atoms with Gasteiger partial charge in [-0.2, -0.15) is 0 Å². The maximum Gasteiger partial charge on any atom is 0.0164 e. The lowest BCUT2D eigenvalue weighted by atomic mass is 9.86. The fourth-order valence-corrected chi connectivity index (χ4v) is 1.83. The summed E-state index contributed by atoms with van der Waals surface area (Å²) in [7, 11) is 0. The molecule has 0 radical (unpaired) electrons. The predicted octanol–water partition coefficient (Wildman–Crippen LogP) is 2.69. The van der Waals surface area contributed by atoms with Crippen molar-refractivity contribution in [2.75, 3.05) is 32.7 Å². The van der Waals surface area contributed by atoms with Crippen molar-refractivity contribution in [1.29, 1.82) is 0 Å². The van der Waals surface area contributed by atoms with Crippen molar-refractivity contribution in [3.05, 3.63) is 25.3 Å². The molecule has 0 aliphatic carbocycles. The number of rotatable bonds is 10. The Kier molecular flexibility index (Phi) is 8.22. The van der Waals surface area contributed by atoms with Crippen molar-refractivity contribution in [2.24, 2.45) is 5.41 Å². The highest BCUT2D eigenvalue weighted by Crippen LogP contribution is 2.21. The molecule has 0 heterocycles. The van der Waals surface area contributed by atoms with E-state index in [1.165, 1.54) is 6.42 Å². The quantitative estimate of drug-likeness (QED) is 0.574. The van der Waals surface area contributed by atoms with Gasteiger partial charge in [0.2, 0.25) is 0 Å². The van der Waals surface area contributed by atoms with E-state index in [1.54, 1.807) is 0 Å². The van der Waals surface area contributed by atoms with Crippen LogP contribution in [0.1, 0.15) is 27.2 Å². The first kappa shape index (κ1) is 15.4. The van der Waals surface area contributed by atoms with Crippen LogP contribution < -0.4 is 5.32 Å². The van der Waals surface area contributed by atoms with E-state index in [9.17, 15) is 0 Å². The average molecular weight is 224 g/mol. The Balaban J connectivity index is 4.31. The van der Waals surface area contributed by atoms with Gasteiger partial charge in [0.05, 0.1) is 0 Å². The molecule has 0 rings (SSSR count). The number of hydrogen-bond acceptors (Lipinski definition) is 2. The van der Waals surface area contributed by atoms with E-state index in [2.05, 4.69) is 44.1 Å². The van der Waals surface area contributed by atoms with Gasteiger partial charge in [0.15, 0.2) is 0 Å². The summed E-state index contributed by atoms with van der Waals surface area (Å²) >= 11 is 0. The van der Waals surface area contributed by atoms with Crippen molar-refractivity contribution in [3.63, 3.8) is 0 Å². The molecule has 2 nitrogen and oxygen atoms in total. The Morgan fingerprint density at radius 1 is 1.19 bits per heavy atom. The van der Waals surface area contributed by atoms with E-state index in [4.69, 9.17) is 0 Å². The van der Waals surface area contributed by atoms with E-state index >= 15 is 0 Å². The average Bonchev–Trinajstić information content (AvgIpc) is 2.27. The lowest BCUT2D eigenvalue weighted by Crippen LogP contribution is -2.42. The maximum absolute atomic E-state index is 3.81. The van der Waals surface area contributed by atoms with Crippen LogP contribution in [-0.4, -0.2) is 37.6 Å². The molecule has 0 aromatic rings. The van der Waals surface area contributed by atoms with Crippen molar-refractivity contribution in [2.45, 2.75) is 27.2 Å². The molecule has 2 heteroatoms. The van der Waals surface area contributed by atoms with Crippen LogP contribution in [0.3, 0.4) is 0 Å². The van der Waals surface area contributed by atoms with Crippen LogP contribution >= 0.6 is 0 Å². The molecule has 94 valence electrons. The summed E-state index contributed by atoms with van der Waals surface area (Å²) in [4.78, 5) is 2.39. The molecule has 0 bridgehead atoms. The Morgan fingerprint density at radius 2 is 1.75 bits per heavy atom. The van der Waals surface area contributed by atoms with E-state index < -0.39 is 0 Å². The van der Waals surface area contributed by atoms with Crippen LogP contribution in [0.15, 0.2) is 25.3 Å². The van der Waals surface area contributed by atoms with Crippen molar-refractivity contribution >= 4 is 0 Å². The van der Waals surface area contributed by atoms with Gasteiger partial charge in [-0.25, -0.2) is 0 Å². The van der Waals surface area contributed by atoms with Gasteiger partial charge in [0.25, 0.3) is 0 Å². The number of hydrogen-bond donors (Lipinski definition) is 1. The molecule has 0 saturated carbocycles. The van der Waals surface area contributed by atoms with E-state index in [-0.39, 0.29) is 0 Å². The normalized spacial score (nSPS) is 14.8. The van der Waals surface area contributed by atoms with Gasteiger partial charge >= 0.3 is 0 Å². The van der Waals surface area contributed by atoms with Gasteiger partial charge in [0, 0.05) is 26.2 Å². The smallest absolute Gasteiger partial charge is 0.0164 e. The lowest BCUT2D eigenvalue weighted by Gasteiger charge is -2.34. The summed E-state index contributed by atoms with van der Waals surface area (Å²) in [5, 5.41) is 3.45. The first-order valence-corrected chi connectivity index (χ1v) is 6.26. The summed E-state index contributed by atoms with van der Waals surface area (Å²) < 4.78 is 0. The summed E-state index contributed by atoms with van der Waals surface area (Å²) in [5.74, 6) is 0. The fourth-order valence-electron chi connectivity index (χ4n) is 1.83. The first-order valence-electron chi connectivity index (χ1n) is 6.26. The van der Waals surface area contributed by atoms with E-state index in [0.29, 0.717) is 5.41 Å². The minimum Gasteiger partial charge on any atom is -0.316 e. The standard InChI is InChI=1S/C14H28N2/c1-6-10-16(11-7-2)13-14(5,8-3)12-15-9-4/h6-7,15H,1-2,8-13H2,3-5H3. The highest BCUT2D eigenvalue weighted by atomic mass is 15.1. The monoisotopic (exact) mass is 224 g/mol. The second-order valence-corrected chi connectivity index (χ2v) is 4.72. The molecule has 16 heavy (non-hydrogen) atoms. The van der Waals surface area contributed by atoms with Crippen LogP contribution in [0.4, 0.5) is 0 Å². The van der Waals surface area contributed by atoms with Gasteiger partial charge in [-0.3, -0.25) is 4.90 Å². The second-order valence-electron chi connectivity index (χ2n) is 4.72. The molecule has 0 fully saturated rings. The van der Waals surface area contributed by atoms with Gasteiger partial charge in [-0.1, -0.05) is 32.9 Å². The fraction of sp³-hybridized carbons (Fsp3) is 0.714. The topological polar surface area (TPSA) is 15.3 Å². The van der Waals surface area contributed by atoms with E-state index in [0.717, 1.165) is 32.7 Å². The molecule has 0 aromatic heterocycles. The molecule has 0 amide bonds. The Labute approximate surface area is 101 Å². The third-order valence-electron chi connectivity index (χ3n) is 3.04. The third kappa shape index (κ3) is 6.09. The molecule has 1 unspecified atom stereocenters. The SMILES string of the molecule is C=CCN(CC=C)CC(C)(CC)CNCC. The molecule has 0 aromatic carbocycles. The summed E-state index contributed by atoms with van der Waals surface area (Å²) in [5.41, 5.74) is 0.335. The molecule has 1 N–H and O–H groups in total. The maximum atomic E-state index is 3.81. The summed E-state index contributed by atoms with van der Waals surface area (Å²) in [6.45, 7) is 19.5. The molecular formula is C14H28N2. The molecular weight excluding hydrogens is 196 g/mol. The lowest BCUT2D eigenvalue weighted by molar-refractivity contribution is 0.179. The van der Waals surface area contributed by atoms with Crippen LogP contribution in [0.5, 0.6) is 0 Å². The molecule has 0 saturated heterocycles. The van der Waals surface area contributed by atoms with Gasteiger partial charge in [-0.05, 0) is 18.4 Å². The third-order valence-corrected chi connectivity index (χ3v) is 3.04. The van der Waals surface area contributed by atoms with Crippen LogP contribution in [0.25, 0.3) is 0 Å². The van der Waals surface area contributed by atoms with E-state index in [1.807, 2.05) is 12.2 Å². The number of nitrogens with zero attached hydrogens (tertiary/aromatic N) is 1. The first-order chi connectivity index (χ1) is 7.61. The zero-order valence-electron chi connectivity index (χ0n) is 11.3. The minimum atomic E-state index is 0.335. The van der Waals surface area contributed by atoms with Crippen molar-refractivity contribution < 1.29 is 0 Å². The zero-order valence-corrected chi connectivity index (χ0v) is 11.3. The van der Waals surface area contributed by atoms with Gasteiger partial charge in [0.1, 0.15) is 0 Å². The zero-order chi connectivity index (χ0) is 12.4. The highest BCUT2D eigenvalue weighted by molar-refractivity contribution is 4.86. The second kappa shape index (κ2) is 8.54. The Hall–Kier alpha value is -0.600. The number of nitrogens with one attached hydrogen (secondary N) is 1. The van der Waals surface area contributed by atoms with Gasteiger partial charge < -0.3 is 5.32 Å². The minimum absolute atomic E-state index is 0.335. The molecule has 1 atom stereocenters. The van der Waals surface area contributed by atoms with Crippen LogP contribution in [0, 0.1) is 5.41 Å². The van der Waals surface area contributed by atoms with Crippen molar-refractivity contribution in [3.8, 4) is 0 Å². The van der Waals surface area contributed by atoms with Crippen LogP contribution in [0.2, 0.25) is 0 Å². The highest BCUT2D eigenvalue weighted by Gasteiger charge is 2.23. The molecule has 0 aliphatic heterocycles. The molecule has 0 aliphatic rings. The molecule has 0 spiro atoms. The summed E-state index contributed by atoms with van der Waals surface area (Å²) in [6, 6.07) is 0. The predicted molar refractivity (Wildman–Crippen MR) is 73.8 cm³/mol. The van der Waals surface area contributed by atoms with Crippen LogP contribution in [-0.2, 0) is 0 Å². The largest absolute Gasteiger partial charge is 0.316 e. The Bertz CT molecular complexity index is 191. The Morgan fingerprint density at radius 3 is 2.12 bits per heavy atom. The van der Waals surface area contributed by atoms with Gasteiger partial charge in [-0.15, -0.1) is 13.2 Å². The summed E-state index contributed by atoms with van der Waals surface area (Å²) in [6.07, 6.45) is 5.12. The van der Waals surface area contributed by atoms with Crippen molar-refractivity contribution in [1.82, 2.24) is 10.2 Å².